The number of carbonyl (C=O) groups is 2. The molecule has 1 aliphatic rings. The molecule has 0 N–H and O–H groups in total. The van der Waals surface area contributed by atoms with Crippen molar-refractivity contribution in [1.29, 1.82) is 0 Å². The van der Waals surface area contributed by atoms with Crippen molar-refractivity contribution in [3.05, 3.63) is 60.2 Å². The normalized spacial score (nSPS) is 16.7. The minimum atomic E-state index is 0.109. The van der Waals surface area contributed by atoms with Gasteiger partial charge in [0.25, 0.3) is 0 Å². The lowest BCUT2D eigenvalue weighted by molar-refractivity contribution is -0.143. The molecule has 2 aromatic heterocycles. The molecule has 1 aliphatic heterocycles. The Balaban J connectivity index is 1.52. The molecular formula is C23H30N4O2. The number of aromatic nitrogens is 2. The Morgan fingerprint density at radius 2 is 1.59 bits per heavy atom. The molecule has 0 spiro atoms. The van der Waals surface area contributed by atoms with Crippen LogP contribution in [0.4, 0.5) is 0 Å². The smallest absolute Gasteiger partial charge is 0.223 e. The zero-order chi connectivity index (χ0) is 20.5. The fourth-order valence-corrected chi connectivity index (χ4v) is 3.89. The molecule has 0 bridgehead atoms. The number of pyridine rings is 2. The summed E-state index contributed by atoms with van der Waals surface area (Å²) in [6.45, 7) is 4.00. The van der Waals surface area contributed by atoms with E-state index in [1.54, 1.807) is 12.4 Å². The van der Waals surface area contributed by atoms with E-state index in [0.717, 1.165) is 24.0 Å². The largest absolute Gasteiger partial charge is 0.339 e. The first kappa shape index (κ1) is 21.0. The number of carbonyl (C=O) groups excluding carboxylic acids is 2. The van der Waals surface area contributed by atoms with Crippen LogP contribution in [0, 0.1) is 0 Å². The molecule has 1 saturated heterocycles. The quantitative estimate of drug-likeness (QED) is 0.691. The SMILES string of the molecule is CCC[C@H]1CN(C(=O)CCc2cccnc2)CCN1C(=O)CCc1cccnc1. The summed E-state index contributed by atoms with van der Waals surface area (Å²) in [6.07, 6.45) is 11.4. The van der Waals surface area contributed by atoms with Crippen molar-refractivity contribution in [3.8, 4) is 0 Å². The lowest BCUT2D eigenvalue weighted by atomic mass is 10.0. The Bertz CT molecular complexity index is 782. The van der Waals surface area contributed by atoms with E-state index in [0.29, 0.717) is 45.3 Å². The fraction of sp³-hybridized carbons (Fsp3) is 0.478. The van der Waals surface area contributed by atoms with Gasteiger partial charge in [-0.25, -0.2) is 0 Å². The number of piperazine rings is 1. The highest BCUT2D eigenvalue weighted by atomic mass is 16.2. The summed E-state index contributed by atoms with van der Waals surface area (Å²) < 4.78 is 0. The van der Waals surface area contributed by atoms with Crippen LogP contribution >= 0.6 is 0 Å². The lowest BCUT2D eigenvalue weighted by Gasteiger charge is -2.41. The van der Waals surface area contributed by atoms with Gasteiger partial charge in [0.05, 0.1) is 0 Å². The van der Waals surface area contributed by atoms with Crippen molar-refractivity contribution in [1.82, 2.24) is 19.8 Å². The van der Waals surface area contributed by atoms with Crippen molar-refractivity contribution in [3.63, 3.8) is 0 Å². The Kier molecular flexibility index (Phi) is 7.73. The highest BCUT2D eigenvalue weighted by molar-refractivity contribution is 5.79. The average Bonchev–Trinajstić information content (AvgIpc) is 2.77. The highest BCUT2D eigenvalue weighted by Gasteiger charge is 2.31. The summed E-state index contributed by atoms with van der Waals surface area (Å²) in [6, 6.07) is 7.90. The molecule has 154 valence electrons. The van der Waals surface area contributed by atoms with Crippen LogP contribution in [0.5, 0.6) is 0 Å². The molecule has 2 amide bonds. The zero-order valence-corrected chi connectivity index (χ0v) is 17.2. The predicted octanol–water partition coefficient (Wildman–Crippen LogP) is 2.88. The van der Waals surface area contributed by atoms with Crippen LogP contribution in [0.15, 0.2) is 49.1 Å². The van der Waals surface area contributed by atoms with Crippen molar-refractivity contribution < 1.29 is 9.59 Å². The molecule has 0 saturated carbocycles. The summed E-state index contributed by atoms with van der Waals surface area (Å²) in [5, 5.41) is 0. The number of rotatable bonds is 8. The maximum atomic E-state index is 12.8. The minimum absolute atomic E-state index is 0.109. The maximum Gasteiger partial charge on any atom is 0.223 e. The van der Waals surface area contributed by atoms with Crippen LogP contribution in [0.1, 0.15) is 43.7 Å². The van der Waals surface area contributed by atoms with Gasteiger partial charge < -0.3 is 9.80 Å². The van der Waals surface area contributed by atoms with Crippen LogP contribution in [0.25, 0.3) is 0 Å². The van der Waals surface area contributed by atoms with E-state index < -0.39 is 0 Å². The predicted molar refractivity (Wildman–Crippen MR) is 112 cm³/mol. The number of aryl methyl sites for hydroxylation is 2. The van der Waals surface area contributed by atoms with Gasteiger partial charge in [-0.1, -0.05) is 25.5 Å². The van der Waals surface area contributed by atoms with Gasteiger partial charge in [0.1, 0.15) is 0 Å². The molecule has 29 heavy (non-hydrogen) atoms. The second-order valence-corrected chi connectivity index (χ2v) is 7.59. The van der Waals surface area contributed by atoms with E-state index in [-0.39, 0.29) is 17.9 Å². The van der Waals surface area contributed by atoms with Gasteiger partial charge >= 0.3 is 0 Å². The van der Waals surface area contributed by atoms with E-state index in [1.165, 1.54) is 0 Å². The fourth-order valence-electron chi connectivity index (χ4n) is 3.89. The molecule has 1 fully saturated rings. The molecule has 2 aromatic rings. The Morgan fingerprint density at radius 1 is 0.966 bits per heavy atom. The first-order valence-electron chi connectivity index (χ1n) is 10.5. The third kappa shape index (κ3) is 6.11. The van der Waals surface area contributed by atoms with E-state index in [9.17, 15) is 9.59 Å². The molecule has 6 heteroatoms. The van der Waals surface area contributed by atoms with Gasteiger partial charge in [-0.05, 0) is 42.5 Å². The molecule has 0 aliphatic carbocycles. The van der Waals surface area contributed by atoms with Gasteiger partial charge in [-0.2, -0.15) is 0 Å². The van der Waals surface area contributed by atoms with Crippen LogP contribution in [0.3, 0.4) is 0 Å². The number of hydrogen-bond acceptors (Lipinski definition) is 4. The van der Waals surface area contributed by atoms with Gasteiger partial charge in [-0.15, -0.1) is 0 Å². The Morgan fingerprint density at radius 3 is 2.14 bits per heavy atom. The van der Waals surface area contributed by atoms with E-state index in [1.807, 2.05) is 46.5 Å². The number of nitrogens with zero attached hydrogens (tertiary/aromatic N) is 4. The second-order valence-electron chi connectivity index (χ2n) is 7.59. The standard InChI is InChI=1S/C23H30N4O2/c1-2-5-21-18-26(22(28)10-8-19-6-3-12-24-16-19)14-15-27(21)23(29)11-9-20-7-4-13-25-17-20/h3-4,6-7,12-13,16-17,21H,2,5,8-11,14-15,18H2,1H3/t21-/m0/s1. The third-order valence-electron chi connectivity index (χ3n) is 5.48. The van der Waals surface area contributed by atoms with Crippen molar-refractivity contribution in [2.75, 3.05) is 19.6 Å². The summed E-state index contributed by atoms with van der Waals surface area (Å²) in [5.41, 5.74) is 2.16. The molecular weight excluding hydrogens is 364 g/mol. The van der Waals surface area contributed by atoms with E-state index in [4.69, 9.17) is 0 Å². The zero-order valence-electron chi connectivity index (χ0n) is 17.2. The molecule has 1 atom stereocenters. The average molecular weight is 395 g/mol. The summed E-state index contributed by atoms with van der Waals surface area (Å²) >= 11 is 0. The number of amides is 2. The molecule has 0 radical (unpaired) electrons. The van der Waals surface area contributed by atoms with Gasteiger partial charge in [-0.3, -0.25) is 19.6 Å². The van der Waals surface area contributed by atoms with E-state index in [2.05, 4.69) is 16.9 Å². The molecule has 3 heterocycles. The van der Waals surface area contributed by atoms with Crippen molar-refractivity contribution >= 4 is 11.8 Å². The van der Waals surface area contributed by atoms with Gasteiger partial charge in [0, 0.05) is 63.3 Å². The molecule has 6 nitrogen and oxygen atoms in total. The molecule has 3 rings (SSSR count). The van der Waals surface area contributed by atoms with Crippen molar-refractivity contribution in [2.24, 2.45) is 0 Å². The van der Waals surface area contributed by atoms with Crippen LogP contribution < -0.4 is 0 Å². The van der Waals surface area contributed by atoms with Gasteiger partial charge in [0.2, 0.25) is 11.8 Å². The Labute approximate surface area is 173 Å². The topological polar surface area (TPSA) is 66.4 Å². The number of hydrogen-bond donors (Lipinski definition) is 0. The van der Waals surface area contributed by atoms with E-state index >= 15 is 0 Å². The highest BCUT2D eigenvalue weighted by Crippen LogP contribution is 2.18. The summed E-state index contributed by atoms with van der Waals surface area (Å²) in [4.78, 5) is 37.7. The first-order chi connectivity index (χ1) is 14.2. The first-order valence-corrected chi connectivity index (χ1v) is 10.5. The van der Waals surface area contributed by atoms with Crippen LogP contribution in [-0.2, 0) is 22.4 Å². The molecule has 0 aromatic carbocycles. The molecule has 0 unspecified atom stereocenters. The lowest BCUT2D eigenvalue weighted by Crippen LogP contribution is -2.56. The van der Waals surface area contributed by atoms with Crippen LogP contribution in [-0.4, -0.2) is 57.3 Å². The Hall–Kier alpha value is -2.76. The summed E-state index contributed by atoms with van der Waals surface area (Å²) in [5.74, 6) is 0.340. The van der Waals surface area contributed by atoms with Crippen LogP contribution in [0.2, 0.25) is 0 Å². The third-order valence-corrected chi connectivity index (χ3v) is 5.48. The monoisotopic (exact) mass is 394 g/mol. The minimum Gasteiger partial charge on any atom is -0.339 e. The summed E-state index contributed by atoms with van der Waals surface area (Å²) in [7, 11) is 0. The van der Waals surface area contributed by atoms with Gasteiger partial charge in [0.15, 0.2) is 0 Å². The van der Waals surface area contributed by atoms with Crippen molar-refractivity contribution in [2.45, 2.75) is 51.5 Å². The second kappa shape index (κ2) is 10.7. The maximum absolute atomic E-state index is 12.8.